The summed E-state index contributed by atoms with van der Waals surface area (Å²) in [6.07, 6.45) is 2.80. The minimum absolute atomic E-state index is 0. The fourth-order valence-corrected chi connectivity index (χ4v) is 2.89. The largest absolute Gasteiger partial charge is 0.381 e. The van der Waals surface area contributed by atoms with Crippen molar-refractivity contribution in [2.75, 3.05) is 13.2 Å². The third-order valence-electron chi connectivity index (χ3n) is 3.42. The van der Waals surface area contributed by atoms with Crippen LogP contribution < -0.4 is 5.32 Å². The van der Waals surface area contributed by atoms with Crippen LogP contribution in [0.25, 0.3) is 0 Å². The minimum atomic E-state index is 0. The molecular weight excluding hydrogens is 162 g/mol. The van der Waals surface area contributed by atoms with E-state index in [0.717, 1.165) is 37.1 Å². The van der Waals surface area contributed by atoms with E-state index in [2.05, 4.69) is 5.32 Å². The van der Waals surface area contributed by atoms with Gasteiger partial charge in [0.1, 0.15) is 0 Å². The monoisotopic (exact) mass is 175 g/mol. The van der Waals surface area contributed by atoms with Crippen molar-refractivity contribution >= 4 is 12.4 Å². The van der Waals surface area contributed by atoms with Crippen LogP contribution in [0.1, 0.15) is 12.8 Å². The summed E-state index contributed by atoms with van der Waals surface area (Å²) in [6.45, 7) is 2.05. The highest BCUT2D eigenvalue weighted by Gasteiger charge is 2.49. The summed E-state index contributed by atoms with van der Waals surface area (Å²) >= 11 is 0. The second kappa shape index (κ2) is 2.61. The Morgan fingerprint density at radius 1 is 1.00 bits per heavy atom. The molecule has 3 rings (SSSR count). The van der Waals surface area contributed by atoms with E-state index in [4.69, 9.17) is 4.74 Å². The second-order valence-corrected chi connectivity index (χ2v) is 3.82. The lowest BCUT2D eigenvalue weighted by Crippen LogP contribution is -2.24. The molecule has 4 atom stereocenters. The van der Waals surface area contributed by atoms with Crippen LogP contribution in [0.5, 0.6) is 0 Å². The van der Waals surface area contributed by atoms with Gasteiger partial charge in [-0.15, -0.1) is 12.4 Å². The lowest BCUT2D eigenvalue weighted by atomic mass is 9.82. The van der Waals surface area contributed by atoms with Crippen LogP contribution in [0, 0.1) is 11.8 Å². The molecule has 3 heteroatoms. The van der Waals surface area contributed by atoms with Crippen molar-refractivity contribution in [1.29, 1.82) is 0 Å². The standard InChI is InChI=1S/C8H13NO.ClH/c1-2-8-6-4-10-3-5(6)7(1)9-8;/h5-9H,1-4H2;1H/t5-,6+,7-,8+;. The zero-order chi connectivity index (χ0) is 6.55. The number of fused-ring (bicyclic) bond motifs is 5. The zero-order valence-electron chi connectivity index (χ0n) is 6.45. The average molecular weight is 176 g/mol. The summed E-state index contributed by atoms with van der Waals surface area (Å²) < 4.78 is 5.45. The highest BCUT2D eigenvalue weighted by atomic mass is 35.5. The Labute approximate surface area is 73.1 Å². The molecule has 0 aromatic rings. The normalized spacial score (nSPS) is 52.4. The molecule has 0 spiro atoms. The van der Waals surface area contributed by atoms with Gasteiger partial charge in [0.2, 0.25) is 0 Å². The molecule has 3 aliphatic rings. The van der Waals surface area contributed by atoms with Crippen molar-refractivity contribution in [2.24, 2.45) is 11.8 Å². The summed E-state index contributed by atoms with van der Waals surface area (Å²) in [5.74, 6) is 1.75. The lowest BCUT2D eigenvalue weighted by molar-refractivity contribution is 0.169. The molecule has 64 valence electrons. The van der Waals surface area contributed by atoms with Gasteiger partial charge in [0, 0.05) is 23.9 Å². The number of rotatable bonds is 0. The van der Waals surface area contributed by atoms with Crippen molar-refractivity contribution in [3.63, 3.8) is 0 Å². The highest BCUT2D eigenvalue weighted by Crippen LogP contribution is 2.41. The van der Waals surface area contributed by atoms with Crippen LogP contribution in [0.3, 0.4) is 0 Å². The maximum absolute atomic E-state index is 5.45. The average Bonchev–Trinajstić information content (AvgIpc) is 2.60. The summed E-state index contributed by atoms with van der Waals surface area (Å²) in [7, 11) is 0. The van der Waals surface area contributed by atoms with Crippen LogP contribution in [0.2, 0.25) is 0 Å². The Kier molecular flexibility index (Phi) is 1.86. The second-order valence-electron chi connectivity index (χ2n) is 3.82. The fourth-order valence-electron chi connectivity index (χ4n) is 2.89. The molecule has 1 N–H and O–H groups in total. The van der Waals surface area contributed by atoms with Crippen molar-refractivity contribution in [3.05, 3.63) is 0 Å². The molecular formula is C8H14ClNO. The van der Waals surface area contributed by atoms with Crippen molar-refractivity contribution in [3.8, 4) is 0 Å². The number of halogens is 1. The van der Waals surface area contributed by atoms with E-state index in [1.54, 1.807) is 0 Å². The number of hydrogen-bond donors (Lipinski definition) is 1. The summed E-state index contributed by atoms with van der Waals surface area (Å²) in [6, 6.07) is 1.63. The predicted octanol–water partition coefficient (Wildman–Crippen LogP) is 0.805. The molecule has 3 aliphatic heterocycles. The fraction of sp³-hybridized carbons (Fsp3) is 1.00. The number of hydrogen-bond acceptors (Lipinski definition) is 2. The topological polar surface area (TPSA) is 21.3 Å². The Morgan fingerprint density at radius 3 is 2.09 bits per heavy atom. The maximum atomic E-state index is 5.45. The summed E-state index contributed by atoms with van der Waals surface area (Å²) in [5.41, 5.74) is 0. The van der Waals surface area contributed by atoms with Gasteiger partial charge in [0.25, 0.3) is 0 Å². The van der Waals surface area contributed by atoms with E-state index < -0.39 is 0 Å². The Morgan fingerprint density at radius 2 is 1.55 bits per heavy atom. The van der Waals surface area contributed by atoms with E-state index in [1.165, 1.54) is 12.8 Å². The molecule has 11 heavy (non-hydrogen) atoms. The van der Waals surface area contributed by atoms with E-state index in [1.807, 2.05) is 0 Å². The first kappa shape index (κ1) is 7.84. The molecule has 3 saturated heterocycles. The van der Waals surface area contributed by atoms with Crippen LogP contribution >= 0.6 is 12.4 Å². The van der Waals surface area contributed by atoms with Gasteiger partial charge in [-0.25, -0.2) is 0 Å². The minimum Gasteiger partial charge on any atom is -0.381 e. The molecule has 0 saturated carbocycles. The third kappa shape index (κ3) is 0.930. The van der Waals surface area contributed by atoms with E-state index in [-0.39, 0.29) is 12.4 Å². The van der Waals surface area contributed by atoms with E-state index in [9.17, 15) is 0 Å². The van der Waals surface area contributed by atoms with Gasteiger partial charge in [-0.05, 0) is 12.8 Å². The smallest absolute Gasteiger partial charge is 0.0513 e. The maximum Gasteiger partial charge on any atom is 0.0513 e. The molecule has 0 amide bonds. The van der Waals surface area contributed by atoms with E-state index >= 15 is 0 Å². The molecule has 3 heterocycles. The first-order chi connectivity index (χ1) is 4.95. The van der Waals surface area contributed by atoms with Crippen LogP contribution in [-0.4, -0.2) is 25.3 Å². The van der Waals surface area contributed by atoms with Gasteiger partial charge < -0.3 is 10.1 Å². The van der Waals surface area contributed by atoms with Gasteiger partial charge in [-0.2, -0.15) is 0 Å². The summed E-state index contributed by atoms with van der Waals surface area (Å²) in [4.78, 5) is 0. The molecule has 3 fully saturated rings. The molecule has 2 nitrogen and oxygen atoms in total. The Bertz CT molecular complexity index is 148. The van der Waals surface area contributed by atoms with Gasteiger partial charge in [-0.1, -0.05) is 0 Å². The van der Waals surface area contributed by atoms with Gasteiger partial charge >= 0.3 is 0 Å². The lowest BCUT2D eigenvalue weighted by Gasteiger charge is -2.19. The van der Waals surface area contributed by atoms with Crippen molar-refractivity contribution < 1.29 is 4.74 Å². The van der Waals surface area contributed by atoms with E-state index in [0.29, 0.717) is 0 Å². The molecule has 0 unspecified atom stereocenters. The van der Waals surface area contributed by atoms with Gasteiger partial charge in [-0.3, -0.25) is 0 Å². The first-order valence-corrected chi connectivity index (χ1v) is 4.29. The molecule has 0 radical (unpaired) electrons. The number of nitrogens with one attached hydrogen (secondary N) is 1. The molecule has 0 aliphatic carbocycles. The van der Waals surface area contributed by atoms with Crippen molar-refractivity contribution in [2.45, 2.75) is 24.9 Å². The molecule has 0 aromatic carbocycles. The van der Waals surface area contributed by atoms with Crippen LogP contribution in [0.4, 0.5) is 0 Å². The quantitative estimate of drug-likeness (QED) is 0.588. The van der Waals surface area contributed by atoms with Gasteiger partial charge in [0.05, 0.1) is 13.2 Å². The third-order valence-corrected chi connectivity index (χ3v) is 3.42. The molecule has 2 bridgehead atoms. The Balaban J connectivity index is 0.000000480. The predicted molar refractivity (Wildman–Crippen MR) is 45.0 cm³/mol. The highest BCUT2D eigenvalue weighted by molar-refractivity contribution is 5.85. The Hall–Kier alpha value is 0.210. The van der Waals surface area contributed by atoms with Crippen LogP contribution in [-0.2, 0) is 4.74 Å². The van der Waals surface area contributed by atoms with Crippen molar-refractivity contribution in [1.82, 2.24) is 5.32 Å². The van der Waals surface area contributed by atoms with Crippen LogP contribution in [0.15, 0.2) is 0 Å². The summed E-state index contributed by atoms with van der Waals surface area (Å²) in [5, 5.41) is 3.65. The zero-order valence-corrected chi connectivity index (χ0v) is 7.27. The number of ether oxygens (including phenoxy) is 1. The van der Waals surface area contributed by atoms with Gasteiger partial charge in [0.15, 0.2) is 0 Å². The molecule has 0 aromatic heterocycles. The first-order valence-electron chi connectivity index (χ1n) is 4.29. The SMILES string of the molecule is C1OC[C@H]2[C@@H]1[C@H]1CC[C@@H]2N1.Cl.